The molecule has 13 nitrogen and oxygen atoms in total. The van der Waals surface area contributed by atoms with Crippen molar-refractivity contribution in [1.29, 1.82) is 0 Å². The van der Waals surface area contributed by atoms with Gasteiger partial charge in [-0.25, -0.2) is 19.5 Å². The smallest absolute Gasteiger partial charge is 0.417 e. The van der Waals surface area contributed by atoms with E-state index in [1.54, 1.807) is 72.8 Å². The molecule has 0 spiro atoms. The van der Waals surface area contributed by atoms with Crippen LogP contribution >= 0.6 is 0 Å². The second-order valence-corrected chi connectivity index (χ2v) is 9.11. The van der Waals surface area contributed by atoms with Crippen LogP contribution < -0.4 is 5.32 Å². The first-order valence-corrected chi connectivity index (χ1v) is 12.9. The maximum atomic E-state index is 13.2. The van der Waals surface area contributed by atoms with E-state index in [1.807, 2.05) is 18.2 Å². The number of amides is 2. The first kappa shape index (κ1) is 29.6. The Morgan fingerprint density at radius 3 is 1.95 bits per heavy atom. The number of hydrogen-bond acceptors (Lipinski definition) is 8. The van der Waals surface area contributed by atoms with Crippen molar-refractivity contribution in [2.24, 2.45) is 10.1 Å². The summed E-state index contributed by atoms with van der Waals surface area (Å²) in [5.41, 5.74) is 11.3. The summed E-state index contributed by atoms with van der Waals surface area (Å²) in [7, 11) is 0. The molecule has 0 saturated carbocycles. The second kappa shape index (κ2) is 14.8. The predicted molar refractivity (Wildman–Crippen MR) is 150 cm³/mol. The summed E-state index contributed by atoms with van der Waals surface area (Å²) >= 11 is 0. The Morgan fingerprint density at radius 1 is 0.905 bits per heavy atom. The molecule has 42 heavy (non-hydrogen) atoms. The Bertz CT molecular complexity index is 1430. The molecule has 2 N–H and O–H groups in total. The van der Waals surface area contributed by atoms with Gasteiger partial charge in [-0.15, -0.1) is 0 Å². The van der Waals surface area contributed by atoms with Crippen molar-refractivity contribution in [2.45, 2.75) is 38.0 Å². The van der Waals surface area contributed by atoms with Gasteiger partial charge in [-0.1, -0.05) is 96.1 Å². The lowest BCUT2D eigenvalue weighted by Crippen LogP contribution is -2.47. The summed E-state index contributed by atoms with van der Waals surface area (Å²) in [6, 6.07) is 24.2. The minimum absolute atomic E-state index is 0.0252. The number of ether oxygens (including phenoxy) is 3. The van der Waals surface area contributed by atoms with E-state index >= 15 is 0 Å². The zero-order valence-electron chi connectivity index (χ0n) is 22.4. The van der Waals surface area contributed by atoms with Crippen molar-refractivity contribution >= 4 is 24.1 Å². The van der Waals surface area contributed by atoms with Gasteiger partial charge in [0.05, 0.1) is 19.2 Å². The molecule has 0 saturated heterocycles. The van der Waals surface area contributed by atoms with Crippen molar-refractivity contribution in [3.05, 3.63) is 118 Å². The molecule has 1 aliphatic heterocycles. The Kier molecular flexibility index (Phi) is 10.5. The summed E-state index contributed by atoms with van der Waals surface area (Å²) in [6.07, 6.45) is -3.05. The number of hydrogen-bond donors (Lipinski definition) is 2. The Morgan fingerprint density at radius 2 is 1.43 bits per heavy atom. The van der Waals surface area contributed by atoms with E-state index in [4.69, 9.17) is 19.7 Å². The fourth-order valence-electron chi connectivity index (χ4n) is 4.12. The van der Waals surface area contributed by atoms with Gasteiger partial charge < -0.3 is 19.3 Å². The molecule has 0 bridgehead atoms. The lowest BCUT2D eigenvalue weighted by molar-refractivity contribution is -0.143. The lowest BCUT2D eigenvalue weighted by atomic mass is 10.0. The third kappa shape index (κ3) is 8.31. The van der Waals surface area contributed by atoms with Crippen LogP contribution in [0.1, 0.15) is 16.7 Å². The van der Waals surface area contributed by atoms with Crippen LogP contribution in [0.25, 0.3) is 10.4 Å². The monoisotopic (exact) mass is 572 g/mol. The molecule has 3 aromatic carbocycles. The molecule has 0 aromatic heterocycles. The summed E-state index contributed by atoms with van der Waals surface area (Å²) in [4.78, 5) is 46.0. The van der Waals surface area contributed by atoms with Gasteiger partial charge in [0.2, 0.25) is 5.96 Å². The van der Waals surface area contributed by atoms with E-state index in [0.717, 1.165) is 21.6 Å². The number of guanidine groups is 1. The molecule has 2 amide bonds. The highest BCUT2D eigenvalue weighted by Crippen LogP contribution is 2.22. The van der Waals surface area contributed by atoms with Crippen molar-refractivity contribution in [1.82, 2.24) is 10.2 Å². The molecule has 13 heteroatoms. The van der Waals surface area contributed by atoms with Gasteiger partial charge in [0, 0.05) is 4.91 Å². The summed E-state index contributed by atoms with van der Waals surface area (Å²) in [5.74, 6) is -1.67. The fourth-order valence-corrected chi connectivity index (χ4v) is 4.12. The summed E-state index contributed by atoms with van der Waals surface area (Å²) < 4.78 is 16.6. The van der Waals surface area contributed by atoms with E-state index in [1.165, 1.54) is 0 Å². The average Bonchev–Trinajstić information content (AvgIpc) is 3.43. The highest BCUT2D eigenvalue weighted by molar-refractivity contribution is 6.02. The molecule has 0 fully saturated rings. The van der Waals surface area contributed by atoms with Gasteiger partial charge in [0.25, 0.3) is 0 Å². The molecule has 0 unspecified atom stereocenters. The number of rotatable bonds is 11. The van der Waals surface area contributed by atoms with E-state index < -0.39 is 36.3 Å². The number of carbonyl (C=O) groups excluding carboxylic acids is 2. The number of alkyl carbamates (subject to hydrolysis) is 1. The van der Waals surface area contributed by atoms with Crippen molar-refractivity contribution in [2.75, 3.05) is 6.54 Å². The van der Waals surface area contributed by atoms with Crippen LogP contribution in [0.5, 0.6) is 0 Å². The zero-order chi connectivity index (χ0) is 29.7. The number of carboxylic acid groups (broad SMARTS) is 1. The minimum Gasteiger partial charge on any atom is -0.481 e. The number of aliphatic carboxylic acids is 1. The third-order valence-electron chi connectivity index (χ3n) is 6.17. The van der Waals surface area contributed by atoms with Crippen molar-refractivity contribution in [3.63, 3.8) is 0 Å². The van der Waals surface area contributed by atoms with Crippen LogP contribution in [-0.4, -0.2) is 58.9 Å². The maximum absolute atomic E-state index is 13.2. The summed E-state index contributed by atoms with van der Waals surface area (Å²) in [6.45, 7) is -0.353. The Hall–Kier alpha value is -5.39. The predicted octanol–water partition coefficient (Wildman–Crippen LogP) is 4.64. The van der Waals surface area contributed by atoms with Gasteiger partial charge in [-0.05, 0) is 22.2 Å². The number of nitrogens with zero attached hydrogens (tertiary/aromatic N) is 5. The largest absolute Gasteiger partial charge is 0.481 e. The third-order valence-corrected chi connectivity index (χ3v) is 6.17. The topological polar surface area (TPSA) is 176 Å². The lowest BCUT2D eigenvalue weighted by Gasteiger charge is -2.25. The number of aliphatic imine (C=N–C) groups is 1. The first-order chi connectivity index (χ1) is 20.4. The fraction of sp³-hybridized carbons (Fsp3) is 0.241. The van der Waals surface area contributed by atoms with E-state index in [0.29, 0.717) is 0 Å². The van der Waals surface area contributed by atoms with Crippen LogP contribution in [0.15, 0.2) is 101 Å². The Balaban J connectivity index is 1.55. The van der Waals surface area contributed by atoms with E-state index in [9.17, 15) is 19.5 Å². The number of benzene rings is 3. The molecule has 1 aliphatic rings. The van der Waals surface area contributed by atoms with Crippen LogP contribution in [0.4, 0.5) is 9.59 Å². The van der Waals surface area contributed by atoms with Gasteiger partial charge >= 0.3 is 18.2 Å². The van der Waals surface area contributed by atoms with Gasteiger partial charge in [0.1, 0.15) is 19.3 Å². The summed E-state index contributed by atoms with van der Waals surface area (Å²) in [5, 5.41) is 15.7. The molecule has 3 atom stereocenters. The number of nitrogens with one attached hydrogen (secondary N) is 1. The molecule has 216 valence electrons. The van der Waals surface area contributed by atoms with Crippen LogP contribution in [-0.2, 0) is 38.8 Å². The molecule has 1 heterocycles. The van der Waals surface area contributed by atoms with Crippen LogP contribution in [0.3, 0.4) is 0 Å². The number of carbonyl (C=O) groups is 3. The highest BCUT2D eigenvalue weighted by atomic mass is 16.6. The van der Waals surface area contributed by atoms with E-state index in [2.05, 4.69) is 20.3 Å². The van der Waals surface area contributed by atoms with Crippen molar-refractivity contribution < 1.29 is 33.7 Å². The number of azide groups is 1. The standard InChI is InChI=1S/C29H28N6O7/c30-34-33-24(26(36)37)25(40-17-20-10-4-1-5-11-20)23-16-35(29(39)42-19-22-14-8-3-9-15-22)27(31-23)32-28(38)41-18-21-12-6-2-7-13-21/h1-15,23-25H,16-19H2,(H,36,37)(H,31,32,38)/t23-,24+,25-/m0/s1. The van der Waals surface area contributed by atoms with Crippen molar-refractivity contribution in [3.8, 4) is 0 Å². The quantitative estimate of drug-likeness (QED) is 0.191. The second-order valence-electron chi connectivity index (χ2n) is 9.11. The number of carboxylic acids is 1. The SMILES string of the molecule is [N-]=[N+]=N[C@@H](C(=O)O)[C@@H](OCc1ccccc1)[C@@H]1CN(C(=O)OCc2ccccc2)C(NC(=O)OCc2ccccc2)=N1. The molecule has 0 radical (unpaired) electrons. The maximum Gasteiger partial charge on any atom is 0.417 e. The first-order valence-electron chi connectivity index (χ1n) is 12.9. The van der Waals surface area contributed by atoms with Crippen LogP contribution in [0.2, 0.25) is 0 Å². The molecular weight excluding hydrogens is 544 g/mol. The van der Waals surface area contributed by atoms with Crippen LogP contribution in [0, 0.1) is 0 Å². The van der Waals surface area contributed by atoms with Gasteiger partial charge in [0.15, 0.2) is 6.04 Å². The average molecular weight is 573 g/mol. The van der Waals surface area contributed by atoms with E-state index in [-0.39, 0.29) is 32.3 Å². The highest BCUT2D eigenvalue weighted by Gasteiger charge is 2.42. The zero-order valence-corrected chi connectivity index (χ0v) is 22.4. The molecule has 0 aliphatic carbocycles. The van der Waals surface area contributed by atoms with Gasteiger partial charge in [-0.2, -0.15) is 0 Å². The molecule has 4 rings (SSSR count). The normalized spacial score (nSPS) is 15.5. The molecule has 3 aromatic rings. The Labute approximate surface area is 241 Å². The molecular formula is C29H28N6O7. The minimum atomic E-state index is -1.68. The van der Waals surface area contributed by atoms with Gasteiger partial charge in [-0.3, -0.25) is 10.1 Å².